The second-order valence-electron chi connectivity index (χ2n) is 3.54. The molecule has 0 bridgehead atoms. The molecular formula is C12H12BrNO2S. The predicted octanol–water partition coefficient (Wildman–Crippen LogP) is 3.19. The minimum absolute atomic E-state index is 0.538. The molecular weight excluding hydrogens is 302 g/mol. The van der Waals surface area contributed by atoms with Gasteiger partial charge in [0.05, 0.1) is 22.7 Å². The van der Waals surface area contributed by atoms with E-state index in [9.17, 15) is 5.11 Å². The van der Waals surface area contributed by atoms with Gasteiger partial charge in [-0.3, -0.25) is 0 Å². The van der Waals surface area contributed by atoms with Gasteiger partial charge < -0.3 is 9.84 Å². The van der Waals surface area contributed by atoms with Crippen molar-refractivity contribution >= 4 is 27.3 Å². The smallest absolute Gasteiger partial charge is 0.133 e. The van der Waals surface area contributed by atoms with Gasteiger partial charge in [0, 0.05) is 18.0 Å². The first-order chi connectivity index (χ1) is 8.20. The molecule has 0 saturated heterocycles. The molecule has 1 heterocycles. The SMILES string of the molecule is COc1ccc(C(O)Cc2nccs2)cc1Br. The van der Waals surface area contributed by atoms with Crippen molar-refractivity contribution in [1.29, 1.82) is 0 Å². The van der Waals surface area contributed by atoms with E-state index in [0.29, 0.717) is 6.42 Å². The summed E-state index contributed by atoms with van der Waals surface area (Å²) in [6.45, 7) is 0. The highest BCUT2D eigenvalue weighted by atomic mass is 79.9. The molecule has 5 heteroatoms. The van der Waals surface area contributed by atoms with Gasteiger partial charge in [0.15, 0.2) is 0 Å². The molecule has 1 atom stereocenters. The third-order valence-corrected chi connectivity index (χ3v) is 3.83. The Kier molecular flexibility index (Phi) is 4.15. The summed E-state index contributed by atoms with van der Waals surface area (Å²) in [5, 5.41) is 12.9. The highest BCUT2D eigenvalue weighted by Gasteiger charge is 2.12. The Hall–Kier alpha value is -0.910. The van der Waals surface area contributed by atoms with Gasteiger partial charge >= 0.3 is 0 Å². The standard InChI is InChI=1S/C12H12BrNO2S/c1-16-11-3-2-8(6-9(11)13)10(15)7-12-14-4-5-17-12/h2-6,10,15H,7H2,1H3. The second kappa shape index (κ2) is 5.62. The van der Waals surface area contributed by atoms with Crippen LogP contribution in [0.25, 0.3) is 0 Å². The molecule has 0 aliphatic rings. The van der Waals surface area contributed by atoms with Crippen molar-refractivity contribution in [2.75, 3.05) is 7.11 Å². The third kappa shape index (κ3) is 3.06. The summed E-state index contributed by atoms with van der Waals surface area (Å²) in [4.78, 5) is 4.16. The summed E-state index contributed by atoms with van der Waals surface area (Å²) in [5.41, 5.74) is 0.855. The molecule has 0 radical (unpaired) electrons. The molecule has 17 heavy (non-hydrogen) atoms. The maximum Gasteiger partial charge on any atom is 0.133 e. The van der Waals surface area contributed by atoms with Crippen LogP contribution in [0.5, 0.6) is 5.75 Å². The van der Waals surface area contributed by atoms with Gasteiger partial charge in [-0.15, -0.1) is 11.3 Å². The molecule has 0 fully saturated rings. The molecule has 0 aliphatic carbocycles. The maximum atomic E-state index is 10.1. The van der Waals surface area contributed by atoms with Crippen LogP contribution in [-0.4, -0.2) is 17.2 Å². The Morgan fingerprint density at radius 3 is 2.94 bits per heavy atom. The average molecular weight is 314 g/mol. The fourth-order valence-corrected chi connectivity index (χ4v) is 2.74. The molecule has 3 nitrogen and oxygen atoms in total. The number of nitrogens with zero attached hydrogens (tertiary/aromatic N) is 1. The van der Waals surface area contributed by atoms with E-state index >= 15 is 0 Å². The Balaban J connectivity index is 2.14. The van der Waals surface area contributed by atoms with E-state index in [2.05, 4.69) is 20.9 Å². The van der Waals surface area contributed by atoms with E-state index in [0.717, 1.165) is 20.8 Å². The molecule has 1 aromatic heterocycles. The zero-order valence-electron chi connectivity index (χ0n) is 9.26. The van der Waals surface area contributed by atoms with Crippen LogP contribution < -0.4 is 4.74 Å². The van der Waals surface area contributed by atoms with E-state index in [1.54, 1.807) is 24.6 Å². The lowest BCUT2D eigenvalue weighted by atomic mass is 10.1. The van der Waals surface area contributed by atoms with Gasteiger partial charge in [-0.1, -0.05) is 6.07 Å². The van der Waals surface area contributed by atoms with Gasteiger partial charge in [-0.05, 0) is 33.6 Å². The number of rotatable bonds is 4. The van der Waals surface area contributed by atoms with Crippen molar-refractivity contribution in [3.05, 3.63) is 44.8 Å². The molecule has 1 N–H and O–H groups in total. The van der Waals surface area contributed by atoms with Crippen LogP contribution in [0.1, 0.15) is 16.7 Å². The zero-order chi connectivity index (χ0) is 12.3. The van der Waals surface area contributed by atoms with E-state index in [1.165, 1.54) is 0 Å². The number of ether oxygens (including phenoxy) is 1. The maximum absolute atomic E-state index is 10.1. The van der Waals surface area contributed by atoms with Gasteiger partial charge in [-0.2, -0.15) is 0 Å². The minimum Gasteiger partial charge on any atom is -0.496 e. The van der Waals surface area contributed by atoms with E-state index in [4.69, 9.17) is 4.74 Å². The molecule has 0 spiro atoms. The van der Waals surface area contributed by atoms with Crippen LogP contribution in [0.3, 0.4) is 0 Å². The van der Waals surface area contributed by atoms with Gasteiger partial charge in [0.2, 0.25) is 0 Å². The van der Waals surface area contributed by atoms with Crippen molar-refractivity contribution in [2.45, 2.75) is 12.5 Å². The number of thiazole rings is 1. The number of hydrogen-bond acceptors (Lipinski definition) is 4. The predicted molar refractivity (Wildman–Crippen MR) is 71.5 cm³/mol. The van der Waals surface area contributed by atoms with Crippen molar-refractivity contribution in [1.82, 2.24) is 4.98 Å². The molecule has 1 unspecified atom stereocenters. The highest BCUT2D eigenvalue weighted by Crippen LogP contribution is 2.29. The Labute approximate surface area is 112 Å². The molecule has 2 aromatic rings. The highest BCUT2D eigenvalue weighted by molar-refractivity contribution is 9.10. The lowest BCUT2D eigenvalue weighted by Gasteiger charge is -2.11. The van der Waals surface area contributed by atoms with Gasteiger partial charge in [0.1, 0.15) is 5.75 Å². The van der Waals surface area contributed by atoms with Crippen molar-refractivity contribution < 1.29 is 9.84 Å². The number of aliphatic hydroxyl groups excluding tert-OH is 1. The molecule has 90 valence electrons. The normalized spacial score (nSPS) is 12.4. The van der Waals surface area contributed by atoms with Crippen LogP contribution >= 0.6 is 27.3 Å². The third-order valence-electron chi connectivity index (χ3n) is 2.41. The Morgan fingerprint density at radius 2 is 2.35 bits per heavy atom. The second-order valence-corrected chi connectivity index (χ2v) is 5.37. The van der Waals surface area contributed by atoms with Crippen LogP contribution in [0.2, 0.25) is 0 Å². The number of benzene rings is 1. The van der Waals surface area contributed by atoms with Crippen LogP contribution in [-0.2, 0) is 6.42 Å². The van der Waals surface area contributed by atoms with Crippen molar-refractivity contribution in [2.24, 2.45) is 0 Å². The summed E-state index contributed by atoms with van der Waals surface area (Å²) in [6, 6.07) is 5.57. The molecule has 0 saturated carbocycles. The Bertz CT molecular complexity index is 487. The zero-order valence-corrected chi connectivity index (χ0v) is 11.7. The van der Waals surface area contributed by atoms with E-state index in [-0.39, 0.29) is 0 Å². The monoisotopic (exact) mass is 313 g/mol. The van der Waals surface area contributed by atoms with E-state index in [1.807, 2.05) is 23.6 Å². The summed E-state index contributed by atoms with van der Waals surface area (Å²) in [5.74, 6) is 0.759. The summed E-state index contributed by atoms with van der Waals surface area (Å²) >= 11 is 4.95. The first kappa shape index (κ1) is 12.5. The quantitative estimate of drug-likeness (QED) is 0.942. The van der Waals surface area contributed by atoms with Crippen molar-refractivity contribution in [3.8, 4) is 5.75 Å². The van der Waals surface area contributed by atoms with Crippen molar-refractivity contribution in [3.63, 3.8) is 0 Å². The summed E-state index contributed by atoms with van der Waals surface area (Å²) in [7, 11) is 1.62. The van der Waals surface area contributed by atoms with Crippen LogP contribution in [0, 0.1) is 0 Å². The largest absolute Gasteiger partial charge is 0.496 e. The first-order valence-corrected chi connectivity index (χ1v) is 6.78. The fraction of sp³-hybridized carbons (Fsp3) is 0.250. The van der Waals surface area contributed by atoms with Gasteiger partial charge in [0.25, 0.3) is 0 Å². The number of hydrogen-bond donors (Lipinski definition) is 1. The number of aliphatic hydroxyl groups is 1. The van der Waals surface area contributed by atoms with Crippen LogP contribution in [0.4, 0.5) is 0 Å². The lowest BCUT2D eigenvalue weighted by molar-refractivity contribution is 0.178. The lowest BCUT2D eigenvalue weighted by Crippen LogP contribution is -2.01. The van der Waals surface area contributed by atoms with Crippen LogP contribution in [0.15, 0.2) is 34.2 Å². The minimum atomic E-state index is -0.539. The number of halogens is 1. The molecule has 0 amide bonds. The fourth-order valence-electron chi connectivity index (χ4n) is 1.53. The number of aromatic nitrogens is 1. The molecule has 2 rings (SSSR count). The topological polar surface area (TPSA) is 42.4 Å². The number of methoxy groups -OCH3 is 1. The first-order valence-electron chi connectivity index (χ1n) is 5.10. The van der Waals surface area contributed by atoms with Gasteiger partial charge in [-0.25, -0.2) is 4.98 Å². The van der Waals surface area contributed by atoms with E-state index < -0.39 is 6.10 Å². The molecule has 1 aromatic carbocycles. The molecule has 0 aliphatic heterocycles. The summed E-state index contributed by atoms with van der Waals surface area (Å²) < 4.78 is 5.99. The average Bonchev–Trinajstić information content (AvgIpc) is 2.81. The Morgan fingerprint density at radius 1 is 1.53 bits per heavy atom. The summed E-state index contributed by atoms with van der Waals surface area (Å²) in [6.07, 6.45) is 1.75.